The highest BCUT2D eigenvalue weighted by atomic mass is 35.5. The van der Waals surface area contributed by atoms with Gasteiger partial charge in [-0.25, -0.2) is 27.9 Å². The molecule has 2 saturated carbocycles. The van der Waals surface area contributed by atoms with Gasteiger partial charge >= 0.3 is 12.2 Å². The monoisotopic (exact) mass is 763 g/mol. The van der Waals surface area contributed by atoms with Crippen molar-refractivity contribution in [2.75, 3.05) is 13.7 Å². The summed E-state index contributed by atoms with van der Waals surface area (Å²) in [7, 11) is -2.53. The zero-order valence-electron chi connectivity index (χ0n) is 27.6. The van der Waals surface area contributed by atoms with Crippen LogP contribution in [0.1, 0.15) is 50.6 Å². The van der Waals surface area contributed by atoms with Crippen LogP contribution < -0.4 is 19.5 Å². The molecule has 1 aromatic carbocycles. The molecular formula is C33H33ClF3N7O7S. The van der Waals surface area contributed by atoms with E-state index >= 15 is 0 Å². The van der Waals surface area contributed by atoms with Crippen LogP contribution in [0.2, 0.25) is 5.02 Å². The molecule has 0 spiro atoms. The highest BCUT2D eigenvalue weighted by molar-refractivity contribution is 7.91. The molecule has 0 radical (unpaired) electrons. The third-order valence-electron chi connectivity index (χ3n) is 9.51. The number of sulfonamides is 1. The molecule has 2 N–H and O–H groups in total. The second kappa shape index (κ2) is 13.4. The Kier molecular flexibility index (Phi) is 9.17. The first-order chi connectivity index (χ1) is 24.7. The summed E-state index contributed by atoms with van der Waals surface area (Å²) in [5, 5.41) is 6.11. The molecule has 276 valence electrons. The number of pyridine rings is 1. The van der Waals surface area contributed by atoms with Crippen LogP contribution in [0.5, 0.6) is 11.5 Å². The van der Waals surface area contributed by atoms with Crippen molar-refractivity contribution in [3.8, 4) is 17.3 Å². The van der Waals surface area contributed by atoms with E-state index in [2.05, 4.69) is 25.1 Å². The Bertz CT molecular complexity index is 2120. The van der Waals surface area contributed by atoms with Gasteiger partial charge in [-0.1, -0.05) is 23.8 Å². The van der Waals surface area contributed by atoms with E-state index in [0.29, 0.717) is 37.5 Å². The Morgan fingerprint density at radius 3 is 2.65 bits per heavy atom. The molecule has 2 aromatic heterocycles. The number of aliphatic imine (C=N–C) groups is 1. The van der Waals surface area contributed by atoms with Gasteiger partial charge in [0.1, 0.15) is 34.2 Å². The van der Waals surface area contributed by atoms with E-state index in [0.717, 1.165) is 16.9 Å². The summed E-state index contributed by atoms with van der Waals surface area (Å²) in [4.78, 5) is 50.6. The van der Waals surface area contributed by atoms with Gasteiger partial charge in [-0.05, 0) is 56.7 Å². The molecule has 52 heavy (non-hydrogen) atoms. The number of amides is 4. The molecule has 0 unspecified atom stereocenters. The summed E-state index contributed by atoms with van der Waals surface area (Å²) in [6.45, 7) is -0.167. The van der Waals surface area contributed by atoms with Crippen LogP contribution >= 0.6 is 11.6 Å². The second-order valence-corrected chi connectivity index (χ2v) is 15.5. The molecule has 3 aromatic rings. The fourth-order valence-electron chi connectivity index (χ4n) is 6.45. The van der Waals surface area contributed by atoms with E-state index in [1.807, 2.05) is 6.08 Å². The first kappa shape index (κ1) is 35.7. The summed E-state index contributed by atoms with van der Waals surface area (Å²) >= 11 is 6.59. The Labute approximate surface area is 300 Å². The number of methoxy groups -OCH3 is 1. The number of alkyl halides is 3. The number of fused-ring (bicyclic) bond motifs is 3. The van der Waals surface area contributed by atoms with E-state index in [1.54, 1.807) is 18.2 Å². The molecule has 14 nitrogen and oxygen atoms in total. The number of nitrogens with one attached hydrogen (secondary N) is 2. The van der Waals surface area contributed by atoms with Gasteiger partial charge in [0.05, 0.1) is 24.4 Å². The van der Waals surface area contributed by atoms with Gasteiger partial charge in [0, 0.05) is 36.2 Å². The maximum absolute atomic E-state index is 14.0. The fraction of sp³-hybridized carbons (Fsp3) is 0.455. The van der Waals surface area contributed by atoms with E-state index in [4.69, 9.17) is 21.1 Å². The molecule has 1 saturated heterocycles. The van der Waals surface area contributed by atoms with Gasteiger partial charge in [0.25, 0.3) is 11.8 Å². The fourth-order valence-corrected chi connectivity index (χ4v) is 8.09. The topological polar surface area (TPSA) is 174 Å². The number of aromatic nitrogens is 3. The average molecular weight is 764 g/mol. The summed E-state index contributed by atoms with van der Waals surface area (Å²) < 4.78 is 80.3. The zero-order valence-corrected chi connectivity index (χ0v) is 29.2. The molecular weight excluding hydrogens is 731 g/mol. The lowest BCUT2D eigenvalue weighted by Crippen LogP contribution is -2.57. The number of hydrogen-bond donors (Lipinski definition) is 2. The molecule has 4 aliphatic rings. The van der Waals surface area contributed by atoms with Crippen molar-refractivity contribution in [3.63, 3.8) is 0 Å². The van der Waals surface area contributed by atoms with Crippen LogP contribution in [0.25, 0.3) is 16.7 Å². The van der Waals surface area contributed by atoms with Crippen molar-refractivity contribution < 1.29 is 45.4 Å². The van der Waals surface area contributed by atoms with Crippen LogP contribution in [0, 0.1) is 5.92 Å². The molecule has 7 rings (SSSR count). The van der Waals surface area contributed by atoms with Crippen LogP contribution in [-0.2, 0) is 25.8 Å². The maximum Gasteiger partial charge on any atom is 0.435 e. The first-order valence-corrected chi connectivity index (χ1v) is 18.5. The van der Waals surface area contributed by atoms with E-state index in [1.165, 1.54) is 24.3 Å². The number of carbonyl (C=O) groups is 3. The van der Waals surface area contributed by atoms with E-state index < -0.39 is 68.6 Å². The van der Waals surface area contributed by atoms with Crippen LogP contribution in [0.4, 0.5) is 18.0 Å². The third-order valence-corrected chi connectivity index (χ3v) is 11.7. The number of halogens is 4. The molecule has 2 aliphatic heterocycles. The van der Waals surface area contributed by atoms with Gasteiger partial charge in [0.15, 0.2) is 11.5 Å². The van der Waals surface area contributed by atoms with E-state index in [9.17, 15) is 36.0 Å². The molecule has 4 heterocycles. The first-order valence-electron chi connectivity index (χ1n) is 16.5. The number of ether oxygens (including phenoxy) is 2. The number of carbonyl (C=O) groups excluding carboxylic acids is 3. The van der Waals surface area contributed by atoms with Crippen LogP contribution in [0.3, 0.4) is 0 Å². The standard InChI is InChI=1S/C33H33ClF3N7O7S/c1-50-23-10-9-21-24(15-26(39-28(21)27(23)34)44-13-11-25(41-44)33(35,36)37)51-19-14-22-29(45)38-12-5-3-2-4-6-18-16-32(18,40-31(47)43(22)17-19)30(46)42-52(48,49)20-7-8-20/h4,6,9-13,15,18-20,22H,2-3,5,7-8,14,16-17H2,1H3,(H,40,47)(H,42,46)/b6-4-,38-12?/t18-,19+,22+,32-/m1/s1. The smallest absolute Gasteiger partial charge is 0.435 e. The Balaban J connectivity index is 1.21. The van der Waals surface area contributed by atoms with Gasteiger partial charge in [-0.15, -0.1) is 0 Å². The molecule has 0 bridgehead atoms. The van der Waals surface area contributed by atoms with Crippen molar-refractivity contribution in [2.24, 2.45) is 10.9 Å². The zero-order chi connectivity index (χ0) is 37.0. The second-order valence-electron chi connectivity index (χ2n) is 13.1. The van der Waals surface area contributed by atoms with Gasteiger partial charge in [-0.2, -0.15) is 18.3 Å². The number of benzene rings is 1. The quantitative estimate of drug-likeness (QED) is 0.332. The Morgan fingerprint density at radius 2 is 1.94 bits per heavy atom. The average Bonchev–Trinajstić information content (AvgIpc) is 3.96. The molecule has 19 heteroatoms. The highest BCUT2D eigenvalue weighted by Crippen LogP contribution is 2.46. The van der Waals surface area contributed by atoms with Crippen LogP contribution in [0.15, 0.2) is 47.6 Å². The predicted octanol–water partition coefficient (Wildman–Crippen LogP) is 4.34. The Hall–Kier alpha value is -4.71. The van der Waals surface area contributed by atoms with Gasteiger partial charge in [-0.3, -0.25) is 14.3 Å². The summed E-state index contributed by atoms with van der Waals surface area (Å²) in [6.07, 6.45) is 3.40. The summed E-state index contributed by atoms with van der Waals surface area (Å²) in [6, 6.07) is 3.40. The minimum Gasteiger partial charge on any atom is -0.495 e. The summed E-state index contributed by atoms with van der Waals surface area (Å²) in [5.74, 6) is -1.65. The number of nitrogens with zero attached hydrogens (tertiary/aromatic N) is 5. The van der Waals surface area contributed by atoms with Crippen molar-refractivity contribution in [3.05, 3.63) is 53.3 Å². The third kappa shape index (κ3) is 6.92. The minimum absolute atomic E-state index is 0.0365. The number of urea groups is 1. The minimum atomic E-state index is -4.71. The summed E-state index contributed by atoms with van der Waals surface area (Å²) in [5.41, 5.74) is -2.57. The largest absolute Gasteiger partial charge is 0.495 e. The molecule has 4 amide bonds. The Morgan fingerprint density at radius 1 is 1.15 bits per heavy atom. The normalized spacial score (nSPS) is 25.9. The number of rotatable bonds is 7. The predicted molar refractivity (Wildman–Crippen MR) is 181 cm³/mol. The lowest BCUT2D eigenvalue weighted by molar-refractivity contribution is -0.141. The van der Waals surface area contributed by atoms with Crippen molar-refractivity contribution in [1.29, 1.82) is 0 Å². The van der Waals surface area contributed by atoms with Gasteiger partial charge in [0.2, 0.25) is 10.0 Å². The maximum atomic E-state index is 14.0. The van der Waals surface area contributed by atoms with Gasteiger partial charge < -0.3 is 19.7 Å². The van der Waals surface area contributed by atoms with Crippen LogP contribution in [-0.4, -0.2) is 88.7 Å². The van der Waals surface area contributed by atoms with E-state index in [-0.39, 0.29) is 47.2 Å². The molecule has 2 aliphatic carbocycles. The lowest BCUT2D eigenvalue weighted by atomic mass is 10.1. The number of allylic oxidation sites excluding steroid dienone is 1. The molecule has 4 atom stereocenters. The molecule has 3 fully saturated rings. The lowest BCUT2D eigenvalue weighted by Gasteiger charge is -2.26. The highest BCUT2D eigenvalue weighted by Gasteiger charge is 2.62. The van der Waals surface area contributed by atoms with Crippen molar-refractivity contribution in [1.82, 2.24) is 29.7 Å². The number of hydrogen-bond acceptors (Lipinski definition) is 9. The SMILES string of the molecule is COc1ccc2c(O[C@H]3C[C@H]4C(=O)N=CCCC/C=C\[C@@H]5C[C@@]5(C(=O)NS(=O)(=O)C5CC5)NC(=O)N4C3)cc(-n3ccc(C(F)(F)F)n3)nc2c1Cl. The van der Waals surface area contributed by atoms with Crippen molar-refractivity contribution in [2.45, 2.75) is 74.1 Å². The van der Waals surface area contributed by atoms with Crippen molar-refractivity contribution >= 4 is 56.6 Å².